The van der Waals surface area contributed by atoms with E-state index in [0.29, 0.717) is 35.1 Å². The van der Waals surface area contributed by atoms with Crippen LogP contribution in [0.2, 0.25) is 0 Å². The first-order valence-electron chi connectivity index (χ1n) is 14.9. The second-order valence-corrected chi connectivity index (χ2v) is 11.9. The molecule has 0 radical (unpaired) electrons. The lowest BCUT2D eigenvalue weighted by molar-refractivity contribution is 0.0955. The maximum absolute atomic E-state index is 13.3. The van der Waals surface area contributed by atoms with Gasteiger partial charge >= 0.3 is 0 Å². The molecule has 9 heteroatoms. The zero-order valence-corrected chi connectivity index (χ0v) is 25.9. The van der Waals surface area contributed by atoms with E-state index in [-0.39, 0.29) is 18.1 Å². The van der Waals surface area contributed by atoms with Crippen LogP contribution in [0.3, 0.4) is 0 Å². The Hall–Kier alpha value is -3.66. The molecule has 0 spiro atoms. The van der Waals surface area contributed by atoms with Gasteiger partial charge in [-0.3, -0.25) is 9.59 Å². The van der Waals surface area contributed by atoms with E-state index in [1.807, 2.05) is 50.2 Å². The largest absolute Gasteiger partial charge is 0.494 e. The highest BCUT2D eigenvalue weighted by Crippen LogP contribution is 2.24. The number of nitrogens with zero attached hydrogens (tertiary/aromatic N) is 2. The molecular weight excluding hydrogens is 560 g/mol. The Balaban J connectivity index is 1.46. The molecule has 3 aromatic carbocycles. The number of carbonyl (C=O) groups is 2. The fourth-order valence-corrected chi connectivity index (χ4v) is 5.58. The fourth-order valence-electron chi connectivity index (χ4n) is 4.89. The number of ether oxygens (including phenoxy) is 1. The van der Waals surface area contributed by atoms with Crippen molar-refractivity contribution in [3.8, 4) is 5.75 Å². The molecule has 0 unspecified atom stereocenters. The minimum absolute atomic E-state index is 0.114. The summed E-state index contributed by atoms with van der Waals surface area (Å²) in [7, 11) is 0. The van der Waals surface area contributed by atoms with Crippen LogP contribution in [0.5, 0.6) is 5.75 Å². The van der Waals surface area contributed by atoms with Crippen molar-refractivity contribution in [2.75, 3.05) is 43.9 Å². The Morgan fingerprint density at radius 3 is 2.63 bits per heavy atom. The number of rotatable bonds is 14. The predicted octanol–water partition coefficient (Wildman–Crippen LogP) is 5.80. The van der Waals surface area contributed by atoms with E-state index in [2.05, 4.69) is 20.7 Å². The van der Waals surface area contributed by atoms with Crippen LogP contribution in [0.1, 0.15) is 68.7 Å². The second kappa shape index (κ2) is 16.8. The Labute approximate surface area is 258 Å². The molecule has 3 aromatic rings. The molecule has 0 aromatic heterocycles. The Kier molecular flexibility index (Phi) is 12.6. The van der Waals surface area contributed by atoms with Crippen molar-refractivity contribution in [2.45, 2.75) is 45.3 Å². The third-order valence-corrected chi connectivity index (χ3v) is 8.43. The number of aryl methyl sites for hydroxylation is 2. The SMILES string of the molecule is Cc1ccc(/C=N/NC(=O)c2cc(OCCCN3CCCCC3)ccc2NC(=O)c2cccc(CSCCO)c2)cc1C. The molecule has 1 saturated heterocycles. The van der Waals surface area contributed by atoms with Crippen molar-refractivity contribution in [1.82, 2.24) is 10.3 Å². The van der Waals surface area contributed by atoms with Gasteiger partial charge in [0.2, 0.25) is 0 Å². The van der Waals surface area contributed by atoms with Gasteiger partial charge in [0.15, 0.2) is 0 Å². The van der Waals surface area contributed by atoms with Crippen LogP contribution in [0.25, 0.3) is 0 Å². The number of piperidine rings is 1. The monoisotopic (exact) mass is 602 g/mol. The average Bonchev–Trinajstić information content (AvgIpc) is 3.02. The number of amides is 2. The summed E-state index contributed by atoms with van der Waals surface area (Å²) in [5.41, 5.74) is 7.90. The minimum Gasteiger partial charge on any atom is -0.494 e. The maximum Gasteiger partial charge on any atom is 0.273 e. The summed E-state index contributed by atoms with van der Waals surface area (Å²) < 4.78 is 6.02. The molecule has 2 amide bonds. The molecule has 1 heterocycles. The first-order valence-corrected chi connectivity index (χ1v) is 16.1. The Morgan fingerprint density at radius 2 is 1.84 bits per heavy atom. The molecule has 8 nitrogen and oxygen atoms in total. The molecule has 4 rings (SSSR count). The maximum atomic E-state index is 13.3. The van der Waals surface area contributed by atoms with E-state index in [9.17, 15) is 9.59 Å². The number of carbonyl (C=O) groups excluding carboxylic acids is 2. The number of aliphatic hydroxyl groups is 1. The number of aliphatic hydroxyl groups excluding tert-OH is 1. The van der Waals surface area contributed by atoms with Crippen molar-refractivity contribution < 1.29 is 19.4 Å². The van der Waals surface area contributed by atoms with E-state index in [1.165, 1.54) is 24.8 Å². The zero-order valence-electron chi connectivity index (χ0n) is 25.1. The number of hydrogen-bond acceptors (Lipinski definition) is 7. The molecule has 1 aliphatic rings. The van der Waals surface area contributed by atoms with Crippen molar-refractivity contribution in [3.05, 3.63) is 94.0 Å². The summed E-state index contributed by atoms with van der Waals surface area (Å²) in [5, 5.41) is 16.1. The van der Waals surface area contributed by atoms with Crippen LogP contribution in [-0.2, 0) is 5.75 Å². The Morgan fingerprint density at radius 1 is 1.00 bits per heavy atom. The van der Waals surface area contributed by atoms with Gasteiger partial charge in [-0.2, -0.15) is 16.9 Å². The van der Waals surface area contributed by atoms with Gasteiger partial charge in [0, 0.05) is 23.6 Å². The van der Waals surface area contributed by atoms with Crippen LogP contribution in [0.15, 0.2) is 65.8 Å². The van der Waals surface area contributed by atoms with E-state index < -0.39 is 5.91 Å². The summed E-state index contributed by atoms with van der Waals surface area (Å²) in [6, 6.07) is 18.4. The van der Waals surface area contributed by atoms with E-state index >= 15 is 0 Å². The molecule has 43 heavy (non-hydrogen) atoms. The lowest BCUT2D eigenvalue weighted by atomic mass is 10.1. The quantitative estimate of drug-likeness (QED) is 0.122. The van der Waals surface area contributed by atoms with Gasteiger partial charge in [0.25, 0.3) is 11.8 Å². The number of anilines is 1. The van der Waals surface area contributed by atoms with Crippen molar-refractivity contribution >= 4 is 35.5 Å². The molecule has 228 valence electrons. The summed E-state index contributed by atoms with van der Waals surface area (Å²) in [6.07, 6.45) is 6.32. The lowest BCUT2D eigenvalue weighted by Crippen LogP contribution is -2.31. The normalized spacial score (nSPS) is 13.7. The van der Waals surface area contributed by atoms with Gasteiger partial charge in [0.1, 0.15) is 5.75 Å². The standard InChI is InChI=1S/C34H42N4O4S/c1-25-10-11-27(20-26(25)2)23-35-37-34(41)31-22-30(42-18-7-16-38-14-4-3-5-15-38)12-13-32(31)36-33(40)29-9-6-8-28(21-29)24-43-19-17-39/h6,8-13,20-23,39H,3-5,7,14-19,24H2,1-2H3,(H,36,40)(H,37,41)/b35-23+. The van der Waals surface area contributed by atoms with Gasteiger partial charge in [-0.15, -0.1) is 0 Å². The van der Waals surface area contributed by atoms with E-state index in [4.69, 9.17) is 9.84 Å². The van der Waals surface area contributed by atoms with Crippen LogP contribution in [-0.4, -0.2) is 66.6 Å². The number of nitrogens with one attached hydrogen (secondary N) is 2. The molecule has 0 atom stereocenters. The van der Waals surface area contributed by atoms with E-state index in [0.717, 1.165) is 42.7 Å². The summed E-state index contributed by atoms with van der Waals surface area (Å²) in [5.74, 6) is 1.11. The molecule has 0 saturated carbocycles. The van der Waals surface area contributed by atoms with Gasteiger partial charge in [-0.25, -0.2) is 5.43 Å². The zero-order chi connectivity index (χ0) is 30.4. The molecular formula is C34H42N4O4S. The highest BCUT2D eigenvalue weighted by molar-refractivity contribution is 7.98. The number of hydrogen-bond donors (Lipinski definition) is 3. The van der Waals surface area contributed by atoms with Crippen LogP contribution in [0, 0.1) is 13.8 Å². The van der Waals surface area contributed by atoms with Crippen LogP contribution >= 0.6 is 11.8 Å². The summed E-state index contributed by atoms with van der Waals surface area (Å²) >= 11 is 1.60. The average molecular weight is 603 g/mol. The molecule has 1 aliphatic heterocycles. The second-order valence-electron chi connectivity index (χ2n) is 10.8. The molecule has 0 bridgehead atoms. The fraction of sp³-hybridized carbons (Fsp3) is 0.382. The van der Waals surface area contributed by atoms with Gasteiger partial charge < -0.3 is 20.1 Å². The van der Waals surface area contributed by atoms with Crippen LogP contribution in [0.4, 0.5) is 5.69 Å². The molecule has 0 aliphatic carbocycles. The number of benzene rings is 3. The Bertz CT molecular complexity index is 1400. The lowest BCUT2D eigenvalue weighted by Gasteiger charge is -2.26. The molecule has 3 N–H and O–H groups in total. The van der Waals surface area contributed by atoms with Gasteiger partial charge in [0.05, 0.1) is 30.7 Å². The first kappa shape index (κ1) is 32.3. The third-order valence-electron chi connectivity index (χ3n) is 7.42. The van der Waals surface area contributed by atoms with Crippen LogP contribution < -0.4 is 15.5 Å². The topological polar surface area (TPSA) is 103 Å². The van der Waals surface area contributed by atoms with Gasteiger partial charge in [-0.05, 0) is 98.8 Å². The summed E-state index contributed by atoms with van der Waals surface area (Å²) in [6.45, 7) is 8.01. The highest BCUT2D eigenvalue weighted by atomic mass is 32.2. The number of likely N-dealkylation sites (tertiary alicyclic amines) is 1. The van der Waals surface area contributed by atoms with Crippen molar-refractivity contribution in [3.63, 3.8) is 0 Å². The van der Waals surface area contributed by atoms with Crippen molar-refractivity contribution in [1.29, 1.82) is 0 Å². The van der Waals surface area contributed by atoms with Gasteiger partial charge in [-0.1, -0.05) is 36.8 Å². The predicted molar refractivity (Wildman–Crippen MR) is 175 cm³/mol. The minimum atomic E-state index is -0.455. The van der Waals surface area contributed by atoms with E-state index in [1.54, 1.807) is 42.2 Å². The third kappa shape index (κ3) is 10.2. The first-order chi connectivity index (χ1) is 20.9. The number of hydrazone groups is 1. The summed E-state index contributed by atoms with van der Waals surface area (Å²) in [4.78, 5) is 29.0. The van der Waals surface area contributed by atoms with Crippen molar-refractivity contribution in [2.24, 2.45) is 5.10 Å². The molecule has 1 fully saturated rings. The highest BCUT2D eigenvalue weighted by Gasteiger charge is 2.17. The smallest absolute Gasteiger partial charge is 0.273 e. The number of thioether (sulfide) groups is 1.